The number of rotatable bonds is 1. The monoisotopic (exact) mass is 310 g/mol. The summed E-state index contributed by atoms with van der Waals surface area (Å²) in [6.07, 6.45) is 9.90. The van der Waals surface area contributed by atoms with Crippen molar-refractivity contribution >= 4 is 12.4 Å². The zero-order valence-corrected chi connectivity index (χ0v) is 13.8. The van der Waals surface area contributed by atoms with Crippen LogP contribution in [0.25, 0.3) is 0 Å². The Kier molecular flexibility index (Phi) is 2.92. The van der Waals surface area contributed by atoms with Crippen molar-refractivity contribution < 1.29 is 4.52 Å². The molecule has 4 rings (SSSR count). The first-order valence-corrected chi connectivity index (χ1v) is 8.16. The Balaban J connectivity index is 1.85. The predicted molar refractivity (Wildman–Crippen MR) is 89.6 cm³/mol. The third-order valence-corrected chi connectivity index (χ3v) is 5.88. The maximum absolute atomic E-state index is 7.29. The molecule has 3 aliphatic rings. The topological polar surface area (TPSA) is 74.3 Å². The summed E-state index contributed by atoms with van der Waals surface area (Å²) in [6.45, 7) is 6.89. The summed E-state index contributed by atoms with van der Waals surface area (Å²) >= 11 is 0. The van der Waals surface area contributed by atoms with Gasteiger partial charge in [-0.3, -0.25) is 0 Å². The van der Waals surface area contributed by atoms with E-state index >= 15 is 0 Å². The van der Waals surface area contributed by atoms with Crippen LogP contribution in [0.5, 0.6) is 0 Å². The van der Waals surface area contributed by atoms with Gasteiger partial charge in [0.15, 0.2) is 0 Å². The largest absolute Gasteiger partial charge is 0.361 e. The van der Waals surface area contributed by atoms with Crippen LogP contribution in [0.4, 0.5) is 0 Å². The van der Waals surface area contributed by atoms with Crippen LogP contribution < -0.4 is 5.32 Å². The van der Waals surface area contributed by atoms with Gasteiger partial charge in [-0.05, 0) is 36.8 Å². The molecule has 2 aliphatic carbocycles. The van der Waals surface area contributed by atoms with Gasteiger partial charge < -0.3 is 15.2 Å². The quantitative estimate of drug-likeness (QED) is 0.781. The third-order valence-electron chi connectivity index (χ3n) is 5.88. The SMILES string of the molecule is CC1(C)c2oncc2C[C@]2(C)C3=C(C=N/C(=C/C=N)N3)CC[C@@H]12. The summed E-state index contributed by atoms with van der Waals surface area (Å²) in [5, 5.41) is 14.8. The fourth-order valence-electron chi connectivity index (χ4n) is 4.95. The zero-order chi connectivity index (χ0) is 16.2. The molecule has 2 N–H and O–H groups in total. The molecule has 0 spiro atoms. The normalized spacial score (nSPS) is 32.8. The molecule has 0 unspecified atom stereocenters. The second kappa shape index (κ2) is 4.66. The molecule has 1 aromatic rings. The van der Waals surface area contributed by atoms with Crippen LogP contribution in [0.3, 0.4) is 0 Å². The molecule has 2 heterocycles. The van der Waals surface area contributed by atoms with Gasteiger partial charge in [0.05, 0.1) is 6.20 Å². The average molecular weight is 310 g/mol. The van der Waals surface area contributed by atoms with Crippen molar-refractivity contribution in [2.24, 2.45) is 16.3 Å². The molecule has 0 radical (unpaired) electrons. The molecular formula is C18H22N4O. The van der Waals surface area contributed by atoms with Crippen LogP contribution in [0.1, 0.15) is 44.9 Å². The lowest BCUT2D eigenvalue weighted by Gasteiger charge is -2.53. The molecule has 0 fully saturated rings. The molecule has 1 aliphatic heterocycles. The molecule has 0 aromatic carbocycles. The van der Waals surface area contributed by atoms with Gasteiger partial charge in [0.25, 0.3) is 0 Å². The average Bonchev–Trinajstić information content (AvgIpc) is 2.96. The molecule has 0 amide bonds. The highest BCUT2D eigenvalue weighted by atomic mass is 16.5. The fraction of sp³-hybridized carbons (Fsp3) is 0.500. The first kappa shape index (κ1) is 14.4. The van der Waals surface area contributed by atoms with Crippen molar-refractivity contribution in [2.45, 2.75) is 45.4 Å². The molecule has 2 atom stereocenters. The van der Waals surface area contributed by atoms with E-state index in [4.69, 9.17) is 9.93 Å². The lowest BCUT2D eigenvalue weighted by atomic mass is 9.51. The summed E-state index contributed by atoms with van der Waals surface area (Å²) in [6, 6.07) is 0. The maximum atomic E-state index is 7.29. The van der Waals surface area contributed by atoms with E-state index in [2.05, 4.69) is 36.2 Å². The molecule has 5 heteroatoms. The Hall–Kier alpha value is -2.17. The number of nitrogens with zero attached hydrogens (tertiary/aromatic N) is 2. The molecule has 5 nitrogen and oxygen atoms in total. The zero-order valence-electron chi connectivity index (χ0n) is 13.8. The van der Waals surface area contributed by atoms with Crippen LogP contribution in [-0.4, -0.2) is 17.6 Å². The van der Waals surface area contributed by atoms with Crippen molar-refractivity contribution in [3.05, 3.63) is 40.7 Å². The second-order valence-electron chi connectivity index (χ2n) is 7.59. The number of hydrogen-bond donors (Lipinski definition) is 2. The minimum atomic E-state index is -0.0426. The smallest absolute Gasteiger partial charge is 0.145 e. The molecule has 120 valence electrons. The Morgan fingerprint density at radius 2 is 2.22 bits per heavy atom. The lowest BCUT2D eigenvalue weighted by molar-refractivity contribution is 0.0776. The van der Waals surface area contributed by atoms with E-state index in [1.54, 1.807) is 6.08 Å². The van der Waals surface area contributed by atoms with E-state index in [0.717, 1.165) is 30.8 Å². The van der Waals surface area contributed by atoms with Crippen LogP contribution in [-0.2, 0) is 11.8 Å². The minimum absolute atomic E-state index is 0.00317. The number of fused-ring (bicyclic) bond motifs is 3. The summed E-state index contributed by atoms with van der Waals surface area (Å²) in [4.78, 5) is 4.43. The summed E-state index contributed by atoms with van der Waals surface area (Å²) in [5.74, 6) is 2.27. The summed E-state index contributed by atoms with van der Waals surface area (Å²) in [5.41, 5.74) is 3.73. The van der Waals surface area contributed by atoms with Crippen molar-refractivity contribution in [2.75, 3.05) is 0 Å². The highest BCUT2D eigenvalue weighted by Gasteiger charge is 2.55. The molecule has 23 heavy (non-hydrogen) atoms. The van der Waals surface area contributed by atoms with Gasteiger partial charge in [-0.2, -0.15) is 0 Å². The molecule has 0 bridgehead atoms. The summed E-state index contributed by atoms with van der Waals surface area (Å²) in [7, 11) is 0. The number of aliphatic imine (C=N–C) groups is 1. The van der Waals surface area contributed by atoms with E-state index in [9.17, 15) is 0 Å². The van der Waals surface area contributed by atoms with E-state index in [1.807, 2.05) is 12.4 Å². The van der Waals surface area contributed by atoms with Gasteiger partial charge in [0.1, 0.15) is 11.6 Å². The summed E-state index contributed by atoms with van der Waals surface area (Å²) < 4.78 is 5.61. The first-order chi connectivity index (χ1) is 11.0. The molecule has 0 saturated carbocycles. The predicted octanol–water partition coefficient (Wildman–Crippen LogP) is 3.34. The van der Waals surface area contributed by atoms with Gasteiger partial charge in [0, 0.05) is 34.5 Å². The lowest BCUT2D eigenvalue weighted by Crippen LogP contribution is -2.52. The van der Waals surface area contributed by atoms with Crippen LogP contribution in [0.2, 0.25) is 0 Å². The second-order valence-corrected chi connectivity index (χ2v) is 7.59. The van der Waals surface area contributed by atoms with Crippen LogP contribution >= 0.6 is 0 Å². The van der Waals surface area contributed by atoms with E-state index in [0.29, 0.717) is 5.92 Å². The Morgan fingerprint density at radius 3 is 3.00 bits per heavy atom. The fourth-order valence-corrected chi connectivity index (χ4v) is 4.95. The van der Waals surface area contributed by atoms with Crippen LogP contribution in [0.15, 0.2) is 38.9 Å². The van der Waals surface area contributed by atoms with Gasteiger partial charge >= 0.3 is 0 Å². The standard InChI is InChI=1S/C18H22N4O/c1-17(2)13-5-4-11-9-20-14(6-7-19)22-15(11)18(13,3)8-12-10-21-23-16(12)17/h6-7,9-10,13,19,22H,4-5,8H2,1-3H3/b14-6-,19-7?/t13-,18-/m0/s1. The van der Waals surface area contributed by atoms with Gasteiger partial charge in [-0.25, -0.2) is 4.99 Å². The highest BCUT2D eigenvalue weighted by molar-refractivity contribution is 5.83. The van der Waals surface area contributed by atoms with Gasteiger partial charge in [0.2, 0.25) is 0 Å². The van der Waals surface area contributed by atoms with Crippen molar-refractivity contribution in [1.29, 1.82) is 5.41 Å². The number of aromatic nitrogens is 1. The molecule has 0 saturated heterocycles. The minimum Gasteiger partial charge on any atom is -0.361 e. The van der Waals surface area contributed by atoms with E-state index in [-0.39, 0.29) is 10.8 Å². The van der Waals surface area contributed by atoms with Gasteiger partial charge in [-0.1, -0.05) is 25.9 Å². The highest BCUT2D eigenvalue weighted by Crippen LogP contribution is 2.58. The van der Waals surface area contributed by atoms with Crippen molar-refractivity contribution in [3.63, 3.8) is 0 Å². The van der Waals surface area contributed by atoms with Gasteiger partial charge in [-0.15, -0.1) is 0 Å². The Labute approximate surface area is 136 Å². The van der Waals surface area contributed by atoms with E-state index < -0.39 is 0 Å². The Morgan fingerprint density at radius 1 is 1.39 bits per heavy atom. The maximum Gasteiger partial charge on any atom is 0.145 e. The van der Waals surface area contributed by atoms with Crippen LogP contribution in [0, 0.1) is 16.7 Å². The van der Waals surface area contributed by atoms with E-state index in [1.165, 1.54) is 23.0 Å². The molecular weight excluding hydrogens is 288 g/mol. The number of nitrogens with one attached hydrogen (secondary N) is 2. The molecule has 1 aromatic heterocycles. The number of allylic oxidation sites excluding steroid dienone is 3. The third kappa shape index (κ3) is 1.89. The van der Waals surface area contributed by atoms with Crippen molar-refractivity contribution in [3.8, 4) is 0 Å². The van der Waals surface area contributed by atoms with Crippen molar-refractivity contribution in [1.82, 2.24) is 10.5 Å². The first-order valence-electron chi connectivity index (χ1n) is 8.16. The Bertz CT molecular complexity index is 768. The number of hydrogen-bond acceptors (Lipinski definition) is 5.